The van der Waals surface area contributed by atoms with Gasteiger partial charge in [-0.15, -0.1) is 13.2 Å². The van der Waals surface area contributed by atoms with Crippen LogP contribution in [0, 0.1) is 0 Å². The molecule has 0 aliphatic heterocycles. The second kappa shape index (κ2) is 5.04. The molecule has 2 N–H and O–H groups in total. The fourth-order valence-corrected chi connectivity index (χ4v) is 1.68. The number of rotatable bonds is 2. The van der Waals surface area contributed by atoms with E-state index in [1.54, 1.807) is 0 Å². The van der Waals surface area contributed by atoms with Gasteiger partial charge in [0.25, 0.3) is 0 Å². The number of hydrogen-bond donors (Lipinski definition) is 1. The van der Waals surface area contributed by atoms with E-state index >= 15 is 0 Å². The largest absolute Gasteiger partial charge is 0.573 e. The number of aromatic nitrogens is 2. The Morgan fingerprint density at radius 3 is 2.37 bits per heavy atom. The van der Waals surface area contributed by atoms with Crippen LogP contribution in [0.3, 0.4) is 0 Å². The highest BCUT2D eigenvalue weighted by atomic mass is 79.9. The molecule has 8 heteroatoms. The summed E-state index contributed by atoms with van der Waals surface area (Å²) in [4.78, 5) is 8.01. The van der Waals surface area contributed by atoms with E-state index in [-0.39, 0.29) is 11.6 Å². The van der Waals surface area contributed by atoms with Crippen LogP contribution < -0.4 is 10.5 Å². The summed E-state index contributed by atoms with van der Waals surface area (Å²) in [7, 11) is 0. The van der Waals surface area contributed by atoms with Crippen LogP contribution in [0.5, 0.6) is 5.75 Å². The molecular formula is C11H7BrF3N3O. The highest BCUT2D eigenvalue weighted by Gasteiger charge is 2.31. The van der Waals surface area contributed by atoms with Crippen molar-refractivity contribution < 1.29 is 17.9 Å². The summed E-state index contributed by atoms with van der Waals surface area (Å²) >= 11 is 3.15. The van der Waals surface area contributed by atoms with E-state index < -0.39 is 6.36 Å². The van der Waals surface area contributed by atoms with Crippen LogP contribution in [0.1, 0.15) is 0 Å². The lowest BCUT2D eigenvalue weighted by molar-refractivity contribution is -0.274. The van der Waals surface area contributed by atoms with Crippen LogP contribution in [0.4, 0.5) is 19.0 Å². The number of alkyl halides is 3. The quantitative estimate of drug-likeness (QED) is 0.915. The van der Waals surface area contributed by atoms with Crippen LogP contribution in [-0.4, -0.2) is 16.3 Å². The number of nitrogens with two attached hydrogens (primary N) is 1. The fourth-order valence-electron chi connectivity index (χ4n) is 1.40. The molecule has 0 unspecified atom stereocenters. The number of halogens is 4. The average molecular weight is 334 g/mol. The van der Waals surface area contributed by atoms with Gasteiger partial charge in [0.15, 0.2) is 0 Å². The zero-order valence-electron chi connectivity index (χ0n) is 9.28. The van der Waals surface area contributed by atoms with E-state index in [1.165, 1.54) is 30.5 Å². The third kappa shape index (κ3) is 3.57. The Kier molecular flexibility index (Phi) is 3.61. The first kappa shape index (κ1) is 13.6. The van der Waals surface area contributed by atoms with E-state index in [0.717, 1.165) is 0 Å². The first-order chi connectivity index (χ1) is 8.85. The fraction of sp³-hybridized carbons (Fsp3) is 0.0909. The molecule has 0 fully saturated rings. The number of nitrogens with zero attached hydrogens (tertiary/aromatic N) is 2. The molecule has 1 heterocycles. The maximum Gasteiger partial charge on any atom is 0.573 e. The molecule has 19 heavy (non-hydrogen) atoms. The van der Waals surface area contributed by atoms with Gasteiger partial charge in [0.05, 0.1) is 6.20 Å². The zero-order valence-corrected chi connectivity index (χ0v) is 10.9. The van der Waals surface area contributed by atoms with Gasteiger partial charge in [0, 0.05) is 5.56 Å². The highest BCUT2D eigenvalue weighted by Crippen LogP contribution is 2.28. The monoisotopic (exact) mass is 333 g/mol. The Hall–Kier alpha value is -1.83. The molecule has 4 nitrogen and oxygen atoms in total. The van der Waals surface area contributed by atoms with Crippen molar-refractivity contribution in [2.75, 3.05) is 5.73 Å². The number of ether oxygens (including phenoxy) is 1. The summed E-state index contributed by atoms with van der Waals surface area (Å²) in [6.45, 7) is 0. The van der Waals surface area contributed by atoms with Crippen molar-refractivity contribution in [3.8, 4) is 17.0 Å². The summed E-state index contributed by atoms with van der Waals surface area (Å²) in [6.07, 6.45) is -3.28. The van der Waals surface area contributed by atoms with Crippen LogP contribution in [-0.2, 0) is 0 Å². The highest BCUT2D eigenvalue weighted by molar-refractivity contribution is 9.10. The molecule has 0 atom stereocenters. The smallest absolute Gasteiger partial charge is 0.406 e. The van der Waals surface area contributed by atoms with E-state index in [1.807, 2.05) is 0 Å². The molecule has 0 saturated carbocycles. The number of anilines is 1. The summed E-state index contributed by atoms with van der Waals surface area (Å²) in [5, 5.41) is 0. The minimum Gasteiger partial charge on any atom is -0.406 e. The molecule has 2 rings (SSSR count). The molecule has 100 valence electrons. The standard InChI is InChI=1S/C11H7BrF3N3O/c12-8-5-17-10(16)9(18-8)6-1-3-7(4-2-6)19-11(13,14)15/h1-5H,(H2,16,17). The van der Waals surface area contributed by atoms with Crippen molar-refractivity contribution in [1.82, 2.24) is 9.97 Å². The zero-order chi connectivity index (χ0) is 14.0. The van der Waals surface area contributed by atoms with Gasteiger partial charge in [-0.1, -0.05) is 0 Å². The van der Waals surface area contributed by atoms with Gasteiger partial charge in [0.2, 0.25) is 0 Å². The van der Waals surface area contributed by atoms with Gasteiger partial charge in [-0.2, -0.15) is 0 Å². The lowest BCUT2D eigenvalue weighted by Gasteiger charge is -2.09. The SMILES string of the molecule is Nc1ncc(Br)nc1-c1ccc(OC(F)(F)F)cc1. The van der Waals surface area contributed by atoms with Gasteiger partial charge >= 0.3 is 6.36 Å². The van der Waals surface area contributed by atoms with Crippen LogP contribution in [0.2, 0.25) is 0 Å². The van der Waals surface area contributed by atoms with Gasteiger partial charge in [-0.25, -0.2) is 9.97 Å². The second-order valence-corrected chi connectivity index (χ2v) is 4.31. The molecule has 0 radical (unpaired) electrons. The van der Waals surface area contributed by atoms with Crippen LogP contribution in [0.15, 0.2) is 35.1 Å². The number of benzene rings is 1. The van der Waals surface area contributed by atoms with E-state index in [0.29, 0.717) is 15.9 Å². The van der Waals surface area contributed by atoms with Gasteiger partial charge < -0.3 is 10.5 Å². The summed E-state index contributed by atoms with van der Waals surface area (Å²) in [5.41, 5.74) is 6.58. The van der Waals surface area contributed by atoms with Crippen molar-refractivity contribution in [3.63, 3.8) is 0 Å². The topological polar surface area (TPSA) is 61.0 Å². The summed E-state index contributed by atoms with van der Waals surface area (Å²) in [5.74, 6) is -0.120. The Morgan fingerprint density at radius 1 is 1.16 bits per heavy atom. The van der Waals surface area contributed by atoms with Crippen LogP contribution in [0.25, 0.3) is 11.3 Å². The average Bonchev–Trinajstić information content (AvgIpc) is 2.31. The van der Waals surface area contributed by atoms with Crippen molar-refractivity contribution in [2.24, 2.45) is 0 Å². The molecule has 0 amide bonds. The molecule has 0 bridgehead atoms. The Labute approximate surface area is 114 Å². The predicted octanol–water partition coefficient (Wildman–Crippen LogP) is 3.39. The lowest BCUT2D eigenvalue weighted by atomic mass is 10.1. The normalized spacial score (nSPS) is 11.4. The van der Waals surface area contributed by atoms with E-state index in [9.17, 15) is 13.2 Å². The molecular weight excluding hydrogens is 327 g/mol. The van der Waals surface area contributed by atoms with Gasteiger partial charge in [-0.05, 0) is 40.2 Å². The Bertz CT molecular complexity index is 587. The first-order valence-electron chi connectivity index (χ1n) is 4.99. The number of nitrogen functional groups attached to an aromatic ring is 1. The molecule has 2 aromatic rings. The summed E-state index contributed by atoms with van der Waals surface area (Å²) < 4.78 is 40.3. The minimum atomic E-state index is -4.71. The van der Waals surface area contributed by atoms with Crippen molar-refractivity contribution >= 4 is 21.7 Å². The van der Waals surface area contributed by atoms with Crippen molar-refractivity contribution in [2.45, 2.75) is 6.36 Å². The van der Waals surface area contributed by atoms with Gasteiger partial charge in [-0.3, -0.25) is 0 Å². The van der Waals surface area contributed by atoms with E-state index in [4.69, 9.17) is 5.73 Å². The molecule has 0 aliphatic carbocycles. The third-order valence-electron chi connectivity index (χ3n) is 2.13. The first-order valence-corrected chi connectivity index (χ1v) is 5.78. The third-order valence-corrected chi connectivity index (χ3v) is 2.51. The van der Waals surface area contributed by atoms with Gasteiger partial charge in [0.1, 0.15) is 21.9 Å². The van der Waals surface area contributed by atoms with Crippen LogP contribution >= 0.6 is 15.9 Å². The molecule has 0 aliphatic rings. The number of hydrogen-bond acceptors (Lipinski definition) is 4. The molecule has 0 spiro atoms. The maximum atomic E-state index is 12.0. The second-order valence-electron chi connectivity index (χ2n) is 3.50. The lowest BCUT2D eigenvalue weighted by Crippen LogP contribution is -2.16. The summed E-state index contributed by atoms with van der Waals surface area (Å²) in [6, 6.07) is 5.22. The molecule has 1 aromatic heterocycles. The van der Waals surface area contributed by atoms with Crippen molar-refractivity contribution in [1.29, 1.82) is 0 Å². The molecule has 0 saturated heterocycles. The van der Waals surface area contributed by atoms with E-state index in [2.05, 4.69) is 30.6 Å². The Balaban J connectivity index is 2.30. The Morgan fingerprint density at radius 2 is 1.79 bits per heavy atom. The van der Waals surface area contributed by atoms with Crippen molar-refractivity contribution in [3.05, 3.63) is 35.1 Å². The predicted molar refractivity (Wildman–Crippen MR) is 66.3 cm³/mol. The molecule has 1 aromatic carbocycles. The maximum absolute atomic E-state index is 12.0. The minimum absolute atomic E-state index is 0.188.